The first kappa shape index (κ1) is 16.7. The molecule has 0 spiro atoms. The summed E-state index contributed by atoms with van der Waals surface area (Å²) in [6.45, 7) is 5.46. The quantitative estimate of drug-likeness (QED) is 0.817. The summed E-state index contributed by atoms with van der Waals surface area (Å²) in [7, 11) is 0. The highest BCUT2D eigenvalue weighted by molar-refractivity contribution is 5.94. The van der Waals surface area contributed by atoms with Crippen LogP contribution in [-0.2, 0) is 9.53 Å². The zero-order chi connectivity index (χ0) is 17.0. The smallest absolute Gasteiger partial charge is 0.341 e. The fraction of sp³-hybridized carbons (Fsp3) is 0.312. The molecule has 2 rings (SSSR count). The van der Waals surface area contributed by atoms with E-state index >= 15 is 0 Å². The number of nitrogens with one attached hydrogen (secondary N) is 1. The van der Waals surface area contributed by atoms with Crippen LogP contribution in [0.25, 0.3) is 5.69 Å². The van der Waals surface area contributed by atoms with E-state index in [4.69, 9.17) is 10.5 Å². The number of anilines is 1. The fourth-order valence-corrected chi connectivity index (χ4v) is 2.05. The molecule has 3 N–H and O–H groups in total. The van der Waals surface area contributed by atoms with E-state index < -0.39 is 12.0 Å². The molecule has 0 bridgehead atoms. The number of ether oxygens (including phenoxy) is 1. The predicted octanol–water partition coefficient (Wildman–Crippen LogP) is 1.64. The van der Waals surface area contributed by atoms with Crippen molar-refractivity contribution >= 4 is 17.6 Å². The lowest BCUT2D eigenvalue weighted by Gasteiger charge is -2.10. The Bertz CT molecular complexity index is 722. The van der Waals surface area contributed by atoms with Gasteiger partial charge in [0.2, 0.25) is 5.91 Å². The summed E-state index contributed by atoms with van der Waals surface area (Å²) >= 11 is 0. The van der Waals surface area contributed by atoms with Gasteiger partial charge in [0.25, 0.3) is 0 Å². The van der Waals surface area contributed by atoms with Crippen LogP contribution in [0.15, 0.2) is 30.5 Å². The van der Waals surface area contributed by atoms with Crippen molar-refractivity contribution in [3.8, 4) is 5.69 Å². The van der Waals surface area contributed by atoms with Crippen molar-refractivity contribution in [2.75, 3.05) is 11.9 Å². The SMILES string of the molecule is CCOC(=O)c1cnn(-c2cccc(NC(=O)[C@@H](C)N)c2)c1C. The predicted molar refractivity (Wildman–Crippen MR) is 86.5 cm³/mol. The van der Waals surface area contributed by atoms with Crippen LogP contribution < -0.4 is 11.1 Å². The largest absolute Gasteiger partial charge is 0.462 e. The maximum Gasteiger partial charge on any atom is 0.341 e. The van der Waals surface area contributed by atoms with Gasteiger partial charge < -0.3 is 15.8 Å². The van der Waals surface area contributed by atoms with Crippen molar-refractivity contribution in [3.05, 3.63) is 41.7 Å². The number of esters is 1. The minimum atomic E-state index is -0.597. The molecule has 2 aromatic rings. The van der Waals surface area contributed by atoms with E-state index in [1.807, 2.05) is 6.07 Å². The third kappa shape index (κ3) is 3.75. The van der Waals surface area contributed by atoms with Gasteiger partial charge in [0.15, 0.2) is 0 Å². The Kier molecular flexibility index (Phi) is 5.13. The van der Waals surface area contributed by atoms with Gasteiger partial charge in [-0.3, -0.25) is 4.79 Å². The summed E-state index contributed by atoms with van der Waals surface area (Å²) in [6, 6.07) is 6.54. The summed E-state index contributed by atoms with van der Waals surface area (Å²) in [5.41, 5.74) is 7.95. The molecule has 0 aliphatic heterocycles. The Morgan fingerprint density at radius 3 is 2.83 bits per heavy atom. The molecule has 0 fully saturated rings. The third-order valence-corrected chi connectivity index (χ3v) is 3.28. The molecule has 1 aromatic carbocycles. The molecule has 0 aliphatic carbocycles. The van der Waals surface area contributed by atoms with E-state index in [0.717, 1.165) is 5.69 Å². The first-order valence-corrected chi connectivity index (χ1v) is 7.32. The second-order valence-electron chi connectivity index (χ2n) is 5.10. The molecule has 1 amide bonds. The number of amides is 1. The molecule has 122 valence electrons. The van der Waals surface area contributed by atoms with Gasteiger partial charge in [-0.05, 0) is 39.0 Å². The van der Waals surface area contributed by atoms with Crippen molar-refractivity contribution in [3.63, 3.8) is 0 Å². The molecule has 0 aliphatic rings. The van der Waals surface area contributed by atoms with E-state index in [9.17, 15) is 9.59 Å². The minimum Gasteiger partial charge on any atom is -0.462 e. The van der Waals surface area contributed by atoms with Crippen molar-refractivity contribution < 1.29 is 14.3 Å². The van der Waals surface area contributed by atoms with E-state index in [1.165, 1.54) is 6.20 Å². The molecule has 1 aromatic heterocycles. The molecule has 0 unspecified atom stereocenters. The van der Waals surface area contributed by atoms with Crippen LogP contribution >= 0.6 is 0 Å². The van der Waals surface area contributed by atoms with Gasteiger partial charge in [-0.15, -0.1) is 0 Å². The monoisotopic (exact) mass is 316 g/mol. The molecule has 1 atom stereocenters. The third-order valence-electron chi connectivity index (χ3n) is 3.28. The van der Waals surface area contributed by atoms with E-state index in [2.05, 4.69) is 10.4 Å². The number of carbonyl (C=O) groups is 2. The van der Waals surface area contributed by atoms with Crippen LogP contribution in [0.2, 0.25) is 0 Å². The summed E-state index contributed by atoms with van der Waals surface area (Å²) in [6.07, 6.45) is 1.47. The van der Waals surface area contributed by atoms with Crippen molar-refractivity contribution in [1.82, 2.24) is 9.78 Å². The highest BCUT2D eigenvalue weighted by atomic mass is 16.5. The van der Waals surface area contributed by atoms with Gasteiger partial charge in [-0.2, -0.15) is 5.10 Å². The molecule has 1 heterocycles. The molecule has 7 nitrogen and oxygen atoms in total. The molecular weight excluding hydrogens is 296 g/mol. The summed E-state index contributed by atoms with van der Waals surface area (Å²) in [5, 5.41) is 6.95. The average molecular weight is 316 g/mol. The normalized spacial score (nSPS) is 11.8. The number of carbonyl (C=O) groups excluding carboxylic acids is 2. The molecular formula is C16H20N4O3. The van der Waals surface area contributed by atoms with Crippen LogP contribution in [0, 0.1) is 6.92 Å². The second-order valence-corrected chi connectivity index (χ2v) is 5.10. The Labute approximate surface area is 134 Å². The number of benzene rings is 1. The van der Waals surface area contributed by atoms with Crippen LogP contribution in [0.4, 0.5) is 5.69 Å². The Hall–Kier alpha value is -2.67. The van der Waals surface area contributed by atoms with Gasteiger partial charge in [-0.25, -0.2) is 9.48 Å². The Morgan fingerprint density at radius 2 is 2.17 bits per heavy atom. The minimum absolute atomic E-state index is 0.272. The van der Waals surface area contributed by atoms with Gasteiger partial charge >= 0.3 is 5.97 Å². The first-order valence-electron chi connectivity index (χ1n) is 7.32. The number of nitrogens with zero attached hydrogens (tertiary/aromatic N) is 2. The van der Waals surface area contributed by atoms with E-state index in [1.54, 1.807) is 43.7 Å². The van der Waals surface area contributed by atoms with Crippen LogP contribution in [0.3, 0.4) is 0 Å². The molecule has 0 saturated heterocycles. The standard InChI is InChI=1S/C16H20N4O3/c1-4-23-16(22)14-9-18-20(11(14)3)13-7-5-6-12(8-13)19-15(21)10(2)17/h5-10H,4,17H2,1-3H3,(H,19,21)/t10-/m1/s1. The molecule has 7 heteroatoms. The fourth-order valence-electron chi connectivity index (χ4n) is 2.05. The van der Waals surface area contributed by atoms with E-state index in [-0.39, 0.29) is 5.91 Å². The maximum atomic E-state index is 11.9. The Balaban J connectivity index is 2.29. The number of nitrogens with two attached hydrogens (primary N) is 1. The number of hydrogen-bond acceptors (Lipinski definition) is 5. The maximum absolute atomic E-state index is 11.9. The van der Waals surface area contributed by atoms with Crippen molar-refractivity contribution in [1.29, 1.82) is 0 Å². The lowest BCUT2D eigenvalue weighted by molar-refractivity contribution is -0.117. The van der Waals surface area contributed by atoms with Crippen LogP contribution in [0.1, 0.15) is 29.9 Å². The number of aromatic nitrogens is 2. The number of hydrogen-bond donors (Lipinski definition) is 2. The summed E-state index contributed by atoms with van der Waals surface area (Å²) in [4.78, 5) is 23.5. The summed E-state index contributed by atoms with van der Waals surface area (Å²) < 4.78 is 6.62. The van der Waals surface area contributed by atoms with Crippen LogP contribution in [-0.4, -0.2) is 34.3 Å². The van der Waals surface area contributed by atoms with Crippen molar-refractivity contribution in [2.45, 2.75) is 26.8 Å². The highest BCUT2D eigenvalue weighted by Crippen LogP contribution is 2.18. The molecule has 0 saturated carbocycles. The zero-order valence-electron chi connectivity index (χ0n) is 13.4. The van der Waals surface area contributed by atoms with Crippen LogP contribution in [0.5, 0.6) is 0 Å². The van der Waals surface area contributed by atoms with Crippen molar-refractivity contribution in [2.24, 2.45) is 5.73 Å². The van der Waals surface area contributed by atoms with E-state index in [0.29, 0.717) is 23.6 Å². The first-order chi connectivity index (χ1) is 10.9. The molecule has 0 radical (unpaired) electrons. The summed E-state index contributed by atoms with van der Waals surface area (Å²) in [5.74, 6) is -0.677. The van der Waals surface area contributed by atoms with Gasteiger partial charge in [0, 0.05) is 5.69 Å². The molecule has 23 heavy (non-hydrogen) atoms. The average Bonchev–Trinajstić information content (AvgIpc) is 2.89. The lowest BCUT2D eigenvalue weighted by Crippen LogP contribution is -2.32. The topological polar surface area (TPSA) is 99.2 Å². The van der Waals surface area contributed by atoms with Gasteiger partial charge in [0.1, 0.15) is 5.56 Å². The Morgan fingerprint density at radius 1 is 1.43 bits per heavy atom. The highest BCUT2D eigenvalue weighted by Gasteiger charge is 2.16. The number of rotatable bonds is 5. The zero-order valence-corrected chi connectivity index (χ0v) is 13.4. The lowest BCUT2D eigenvalue weighted by atomic mass is 10.2. The van der Waals surface area contributed by atoms with Gasteiger partial charge in [-0.1, -0.05) is 6.07 Å². The second kappa shape index (κ2) is 7.06. The van der Waals surface area contributed by atoms with Gasteiger partial charge in [0.05, 0.1) is 30.2 Å².